The molecule has 7 nitrogen and oxygen atoms in total. The Hall–Kier alpha value is -2.78. The summed E-state index contributed by atoms with van der Waals surface area (Å²) in [6.07, 6.45) is 3.59. The Bertz CT molecular complexity index is 1150. The van der Waals surface area contributed by atoms with Crippen molar-refractivity contribution in [2.75, 3.05) is 13.1 Å². The van der Waals surface area contributed by atoms with E-state index in [4.69, 9.17) is 0 Å². The monoisotopic (exact) mass is 487 g/mol. The van der Waals surface area contributed by atoms with Crippen molar-refractivity contribution in [3.05, 3.63) is 65.5 Å². The number of halogens is 1. The van der Waals surface area contributed by atoms with Gasteiger partial charge in [0.2, 0.25) is 21.8 Å². The fourth-order valence-corrected chi connectivity index (χ4v) is 6.18. The lowest BCUT2D eigenvalue weighted by Gasteiger charge is -2.31. The summed E-state index contributed by atoms with van der Waals surface area (Å²) in [6, 6.07) is 12.1. The number of aryl methyl sites for hydroxylation is 1. The number of carbonyl (C=O) groups excluding carboxylic acids is 2. The van der Waals surface area contributed by atoms with Gasteiger partial charge in [-0.25, -0.2) is 12.8 Å². The second-order valence-electron chi connectivity index (χ2n) is 9.01. The lowest BCUT2D eigenvalue weighted by Crippen LogP contribution is -2.49. The number of benzene rings is 2. The van der Waals surface area contributed by atoms with Crippen molar-refractivity contribution < 1.29 is 22.4 Å². The third-order valence-corrected chi connectivity index (χ3v) is 8.63. The Morgan fingerprint density at radius 1 is 1.03 bits per heavy atom. The van der Waals surface area contributed by atoms with Gasteiger partial charge in [0.25, 0.3) is 0 Å². The number of rotatable bonds is 6. The van der Waals surface area contributed by atoms with Crippen LogP contribution in [0.4, 0.5) is 4.39 Å². The summed E-state index contributed by atoms with van der Waals surface area (Å²) in [4.78, 5) is 25.6. The number of carbonyl (C=O) groups is 2. The molecule has 4 rings (SSSR count). The molecule has 1 fully saturated rings. The molecule has 182 valence electrons. The van der Waals surface area contributed by atoms with Crippen LogP contribution in [0, 0.1) is 11.7 Å². The van der Waals surface area contributed by atoms with Gasteiger partial charge in [-0.05, 0) is 74.4 Å². The predicted octanol–water partition coefficient (Wildman–Crippen LogP) is 2.92. The molecule has 0 radical (unpaired) electrons. The predicted molar refractivity (Wildman–Crippen MR) is 126 cm³/mol. The summed E-state index contributed by atoms with van der Waals surface area (Å²) in [5, 5.41) is 5.86. The van der Waals surface area contributed by atoms with E-state index in [9.17, 15) is 22.4 Å². The molecule has 1 aliphatic carbocycles. The van der Waals surface area contributed by atoms with Crippen molar-refractivity contribution in [2.45, 2.75) is 56.0 Å². The Kier molecular flexibility index (Phi) is 7.33. The van der Waals surface area contributed by atoms with Crippen LogP contribution in [0.3, 0.4) is 0 Å². The van der Waals surface area contributed by atoms with Crippen LogP contribution in [-0.4, -0.2) is 43.7 Å². The molecule has 34 heavy (non-hydrogen) atoms. The zero-order valence-corrected chi connectivity index (χ0v) is 20.0. The summed E-state index contributed by atoms with van der Waals surface area (Å²) in [5.41, 5.74) is 2.38. The van der Waals surface area contributed by atoms with Gasteiger partial charge >= 0.3 is 0 Å². The first-order chi connectivity index (χ1) is 16.3. The Labute approximate surface area is 199 Å². The number of amides is 2. The summed E-state index contributed by atoms with van der Waals surface area (Å²) >= 11 is 0. The smallest absolute Gasteiger partial charge is 0.243 e. The van der Waals surface area contributed by atoms with Gasteiger partial charge in [-0.1, -0.05) is 24.3 Å². The van der Waals surface area contributed by atoms with Crippen LogP contribution in [0.25, 0.3) is 0 Å². The number of nitrogens with zero attached hydrogens (tertiary/aromatic N) is 1. The number of hydrogen-bond donors (Lipinski definition) is 2. The summed E-state index contributed by atoms with van der Waals surface area (Å²) in [6.45, 7) is 2.05. The fourth-order valence-electron chi connectivity index (χ4n) is 4.71. The minimum absolute atomic E-state index is 0.0337. The Morgan fingerprint density at radius 3 is 2.41 bits per heavy atom. The van der Waals surface area contributed by atoms with Gasteiger partial charge in [-0.2, -0.15) is 4.31 Å². The number of piperidine rings is 1. The van der Waals surface area contributed by atoms with Crippen LogP contribution in [0.1, 0.15) is 49.8 Å². The number of fused-ring (bicyclic) bond motifs is 1. The van der Waals surface area contributed by atoms with Crippen molar-refractivity contribution in [1.29, 1.82) is 0 Å². The first-order valence-corrected chi connectivity index (χ1v) is 13.1. The fraction of sp³-hybridized carbons (Fsp3) is 0.440. The van der Waals surface area contributed by atoms with E-state index in [0.717, 1.165) is 37.0 Å². The van der Waals surface area contributed by atoms with Crippen molar-refractivity contribution in [2.24, 2.45) is 5.92 Å². The zero-order valence-electron chi connectivity index (χ0n) is 19.2. The molecule has 2 aromatic rings. The lowest BCUT2D eigenvalue weighted by atomic mass is 9.87. The van der Waals surface area contributed by atoms with Gasteiger partial charge < -0.3 is 10.6 Å². The summed E-state index contributed by atoms with van der Waals surface area (Å²) < 4.78 is 40.0. The van der Waals surface area contributed by atoms with Gasteiger partial charge in [0, 0.05) is 19.0 Å². The Morgan fingerprint density at radius 2 is 1.71 bits per heavy atom. The average molecular weight is 488 g/mol. The van der Waals surface area contributed by atoms with E-state index in [0.29, 0.717) is 12.8 Å². The van der Waals surface area contributed by atoms with Crippen molar-refractivity contribution in [3.63, 3.8) is 0 Å². The van der Waals surface area contributed by atoms with Crippen LogP contribution < -0.4 is 10.6 Å². The molecule has 2 aliphatic rings. The molecule has 0 aromatic heterocycles. The molecule has 2 atom stereocenters. The van der Waals surface area contributed by atoms with Gasteiger partial charge in [-0.3, -0.25) is 9.59 Å². The van der Waals surface area contributed by atoms with Crippen LogP contribution in [0.2, 0.25) is 0 Å². The normalized spacial score (nSPS) is 20.2. The van der Waals surface area contributed by atoms with Gasteiger partial charge in [-0.15, -0.1) is 0 Å². The van der Waals surface area contributed by atoms with Crippen LogP contribution in [0.15, 0.2) is 53.4 Å². The number of sulfonamides is 1. The number of nitrogens with one attached hydrogen (secondary N) is 2. The van der Waals surface area contributed by atoms with E-state index in [2.05, 4.69) is 16.7 Å². The first-order valence-electron chi connectivity index (χ1n) is 11.7. The highest BCUT2D eigenvalue weighted by molar-refractivity contribution is 7.89. The van der Waals surface area contributed by atoms with Crippen LogP contribution in [0.5, 0.6) is 0 Å². The second-order valence-corrected chi connectivity index (χ2v) is 11.0. The molecule has 2 amide bonds. The van der Waals surface area contributed by atoms with Crippen molar-refractivity contribution >= 4 is 21.8 Å². The molecule has 1 heterocycles. The standard InChI is InChI=1S/C25H30FN3O4S/c1-17(24(30)28-23-8-4-6-18-5-2-3-7-22(18)23)27-25(31)19-13-15-29(16-14-19)34(32,33)21-11-9-20(26)10-12-21/h2-3,5,7,9-12,17,19,23H,4,6,8,13-16H2,1H3,(H,27,31)(H,28,30)/t17-,23?/m1/s1. The quantitative estimate of drug-likeness (QED) is 0.655. The minimum atomic E-state index is -3.73. The van der Waals surface area contributed by atoms with E-state index in [1.807, 2.05) is 18.2 Å². The molecule has 2 aromatic carbocycles. The molecule has 1 unspecified atom stereocenters. The molecular formula is C25H30FN3O4S. The maximum Gasteiger partial charge on any atom is 0.243 e. The third kappa shape index (κ3) is 5.31. The Balaban J connectivity index is 1.29. The van der Waals surface area contributed by atoms with Gasteiger partial charge in [0.1, 0.15) is 11.9 Å². The lowest BCUT2D eigenvalue weighted by molar-refractivity contribution is -0.131. The zero-order chi connectivity index (χ0) is 24.3. The van der Waals surface area contributed by atoms with E-state index < -0.39 is 21.9 Å². The highest BCUT2D eigenvalue weighted by Gasteiger charge is 2.33. The SMILES string of the molecule is C[C@@H](NC(=O)C1CCN(S(=O)(=O)c2ccc(F)cc2)CC1)C(=O)NC1CCCc2ccccc21. The van der Waals surface area contributed by atoms with E-state index in [1.54, 1.807) is 6.92 Å². The molecule has 9 heteroatoms. The molecule has 0 saturated carbocycles. The van der Waals surface area contributed by atoms with E-state index in [1.165, 1.54) is 22.0 Å². The molecule has 1 aliphatic heterocycles. The maximum absolute atomic E-state index is 13.1. The second kappa shape index (κ2) is 10.2. The largest absolute Gasteiger partial charge is 0.348 e. The van der Waals surface area contributed by atoms with Crippen molar-refractivity contribution in [1.82, 2.24) is 14.9 Å². The van der Waals surface area contributed by atoms with Gasteiger partial charge in [0.15, 0.2) is 0 Å². The topological polar surface area (TPSA) is 95.6 Å². The average Bonchev–Trinajstić information content (AvgIpc) is 2.84. The highest BCUT2D eigenvalue weighted by Crippen LogP contribution is 2.29. The summed E-state index contributed by atoms with van der Waals surface area (Å²) in [7, 11) is -3.73. The number of hydrogen-bond acceptors (Lipinski definition) is 4. The van der Waals surface area contributed by atoms with E-state index >= 15 is 0 Å². The van der Waals surface area contributed by atoms with Gasteiger partial charge in [0.05, 0.1) is 10.9 Å². The summed E-state index contributed by atoms with van der Waals surface area (Å²) in [5.74, 6) is -1.34. The highest BCUT2D eigenvalue weighted by atomic mass is 32.2. The van der Waals surface area contributed by atoms with Crippen molar-refractivity contribution in [3.8, 4) is 0 Å². The maximum atomic E-state index is 13.1. The molecule has 0 spiro atoms. The minimum Gasteiger partial charge on any atom is -0.348 e. The molecule has 2 N–H and O–H groups in total. The molecule has 0 bridgehead atoms. The molecular weight excluding hydrogens is 457 g/mol. The first kappa shape index (κ1) is 24.3. The van der Waals surface area contributed by atoms with Crippen LogP contribution in [-0.2, 0) is 26.0 Å². The third-order valence-electron chi connectivity index (χ3n) is 6.71. The molecule has 1 saturated heterocycles. The van der Waals surface area contributed by atoms with Crippen LogP contribution >= 0.6 is 0 Å². The van der Waals surface area contributed by atoms with E-state index in [-0.39, 0.29) is 41.8 Å².